The van der Waals surface area contributed by atoms with E-state index in [-0.39, 0.29) is 0 Å². The van der Waals surface area contributed by atoms with Gasteiger partial charge in [-0.1, -0.05) is 30.7 Å². The van der Waals surface area contributed by atoms with Crippen molar-refractivity contribution in [2.45, 2.75) is 31.1 Å². The zero-order valence-electron chi connectivity index (χ0n) is 8.16. The maximum absolute atomic E-state index is 4.14. The summed E-state index contributed by atoms with van der Waals surface area (Å²) in [5.74, 6) is 0. The van der Waals surface area contributed by atoms with Gasteiger partial charge in [-0.2, -0.15) is 0 Å². The summed E-state index contributed by atoms with van der Waals surface area (Å²) >= 11 is 1.53. The predicted octanol–water partition coefficient (Wildman–Crippen LogP) is 3.64. The molecular formula is C10H13N3S. The maximum atomic E-state index is 4.14. The lowest BCUT2D eigenvalue weighted by Gasteiger charge is -2.12. The highest BCUT2D eigenvalue weighted by Gasteiger charge is 2.10. The van der Waals surface area contributed by atoms with Gasteiger partial charge < -0.3 is 0 Å². The molecule has 0 amide bonds. The molecule has 1 N–H and O–H groups in total. The molecular weight excluding hydrogens is 194 g/mol. The molecule has 74 valence electrons. The lowest BCUT2D eigenvalue weighted by atomic mass is 10.1. The van der Waals surface area contributed by atoms with Crippen LogP contribution in [0.15, 0.2) is 33.4 Å². The number of benzene rings is 1. The van der Waals surface area contributed by atoms with Gasteiger partial charge >= 0.3 is 0 Å². The number of aryl methyl sites for hydroxylation is 1. The van der Waals surface area contributed by atoms with Crippen molar-refractivity contribution >= 4 is 17.6 Å². The van der Waals surface area contributed by atoms with E-state index in [9.17, 15) is 0 Å². The highest BCUT2D eigenvalue weighted by Crippen LogP contribution is 2.35. The largest absolute Gasteiger partial charge is 0.228 e. The van der Waals surface area contributed by atoms with Crippen molar-refractivity contribution in [1.29, 1.82) is 0 Å². The second kappa shape index (κ2) is 4.46. The Morgan fingerprint density at radius 2 is 2.36 bits per heavy atom. The van der Waals surface area contributed by atoms with Crippen LogP contribution >= 0.6 is 11.9 Å². The van der Waals surface area contributed by atoms with E-state index in [0.717, 1.165) is 12.1 Å². The quantitative estimate of drug-likeness (QED) is 0.768. The Morgan fingerprint density at radius 3 is 3.21 bits per heavy atom. The summed E-state index contributed by atoms with van der Waals surface area (Å²) in [5.41, 5.74) is 2.35. The SMILES string of the molecule is CCCCc1cccc2c1N=NNS2. The maximum Gasteiger partial charge on any atom is 0.106 e. The van der Waals surface area contributed by atoms with Crippen LogP contribution in [0.4, 0.5) is 5.69 Å². The summed E-state index contributed by atoms with van der Waals surface area (Å²) in [7, 11) is 0. The molecule has 1 aromatic carbocycles. The van der Waals surface area contributed by atoms with E-state index in [4.69, 9.17) is 0 Å². The molecule has 0 aromatic heterocycles. The second-order valence-corrected chi connectivity index (χ2v) is 4.09. The predicted molar refractivity (Wildman–Crippen MR) is 58.6 cm³/mol. The summed E-state index contributed by atoms with van der Waals surface area (Å²) in [6.45, 7) is 2.20. The normalized spacial score (nSPS) is 13.5. The fraction of sp³-hybridized carbons (Fsp3) is 0.400. The fourth-order valence-electron chi connectivity index (χ4n) is 1.47. The van der Waals surface area contributed by atoms with Gasteiger partial charge in [0.15, 0.2) is 0 Å². The zero-order chi connectivity index (χ0) is 9.80. The number of rotatable bonds is 3. The van der Waals surface area contributed by atoms with Crippen LogP contribution in [0.5, 0.6) is 0 Å². The van der Waals surface area contributed by atoms with E-state index in [1.165, 1.54) is 35.2 Å². The number of nitrogens with zero attached hydrogens (tertiary/aromatic N) is 2. The van der Waals surface area contributed by atoms with Crippen molar-refractivity contribution in [2.75, 3.05) is 0 Å². The summed E-state index contributed by atoms with van der Waals surface area (Å²) in [4.78, 5) is 3.97. The molecule has 0 spiro atoms. The third kappa shape index (κ3) is 1.90. The second-order valence-electron chi connectivity index (χ2n) is 3.26. The highest BCUT2D eigenvalue weighted by molar-refractivity contribution is 7.97. The minimum absolute atomic E-state index is 1.05. The van der Waals surface area contributed by atoms with Crippen LogP contribution in [0.1, 0.15) is 25.3 Å². The molecule has 0 aliphatic carbocycles. The number of hydrogen-bond donors (Lipinski definition) is 1. The molecule has 1 heterocycles. The van der Waals surface area contributed by atoms with Gasteiger partial charge in [0.05, 0.1) is 4.90 Å². The third-order valence-electron chi connectivity index (χ3n) is 2.23. The van der Waals surface area contributed by atoms with Crippen LogP contribution in [0.25, 0.3) is 0 Å². The molecule has 4 heteroatoms. The first-order valence-electron chi connectivity index (χ1n) is 4.86. The van der Waals surface area contributed by atoms with E-state index >= 15 is 0 Å². The Bertz CT molecular complexity index is 349. The van der Waals surface area contributed by atoms with Gasteiger partial charge in [0.25, 0.3) is 0 Å². The van der Waals surface area contributed by atoms with Crippen molar-refractivity contribution in [3.05, 3.63) is 23.8 Å². The molecule has 3 nitrogen and oxygen atoms in total. The van der Waals surface area contributed by atoms with Gasteiger partial charge in [0.1, 0.15) is 5.69 Å². The molecule has 1 aliphatic rings. The van der Waals surface area contributed by atoms with Gasteiger partial charge in [-0.05, 0) is 24.5 Å². The average Bonchev–Trinajstić information content (AvgIpc) is 2.26. The molecule has 0 saturated carbocycles. The topological polar surface area (TPSA) is 36.8 Å². The average molecular weight is 207 g/mol. The summed E-state index contributed by atoms with van der Waals surface area (Å²) < 4.78 is 0. The molecule has 0 fully saturated rings. The molecule has 0 radical (unpaired) electrons. The molecule has 0 atom stereocenters. The fourth-order valence-corrected chi connectivity index (χ4v) is 2.07. The van der Waals surface area contributed by atoms with E-state index in [1.54, 1.807) is 0 Å². The molecule has 0 unspecified atom stereocenters. The van der Waals surface area contributed by atoms with E-state index in [2.05, 4.69) is 40.3 Å². The molecule has 1 aromatic rings. The van der Waals surface area contributed by atoms with Crippen LogP contribution in [-0.4, -0.2) is 0 Å². The first-order valence-corrected chi connectivity index (χ1v) is 5.68. The molecule has 0 bridgehead atoms. The first kappa shape index (κ1) is 9.52. The van der Waals surface area contributed by atoms with Crippen molar-refractivity contribution in [3.63, 3.8) is 0 Å². The van der Waals surface area contributed by atoms with Gasteiger partial charge in [-0.15, -0.1) is 5.11 Å². The van der Waals surface area contributed by atoms with E-state index in [1.807, 2.05) is 0 Å². The van der Waals surface area contributed by atoms with E-state index in [0.29, 0.717) is 0 Å². The first-order chi connectivity index (χ1) is 6.92. The summed E-state index contributed by atoms with van der Waals surface area (Å²) in [6.07, 6.45) is 3.52. The number of hydrogen-bond acceptors (Lipinski definition) is 4. The minimum atomic E-state index is 1.05. The Kier molecular flexibility index (Phi) is 3.03. The van der Waals surface area contributed by atoms with Gasteiger partial charge in [0.2, 0.25) is 0 Å². The standard InChI is InChI=1S/C10H13N3S/c1-2-3-5-8-6-4-7-9-10(8)11-12-13-14-9/h4,6-7H,2-3,5H2,1H3,(H,11,13). The van der Waals surface area contributed by atoms with Gasteiger partial charge in [-0.25, -0.2) is 4.83 Å². The number of unbranched alkanes of at least 4 members (excludes halogenated alkanes) is 1. The lowest BCUT2D eigenvalue weighted by molar-refractivity contribution is 0.789. The van der Waals surface area contributed by atoms with Crippen LogP contribution in [-0.2, 0) is 6.42 Å². The van der Waals surface area contributed by atoms with Crippen LogP contribution in [0, 0.1) is 0 Å². The van der Waals surface area contributed by atoms with Crippen LogP contribution in [0.3, 0.4) is 0 Å². The molecule has 0 saturated heterocycles. The number of nitrogens with one attached hydrogen (secondary N) is 1. The van der Waals surface area contributed by atoms with Crippen molar-refractivity contribution < 1.29 is 0 Å². The van der Waals surface area contributed by atoms with Crippen LogP contribution < -0.4 is 4.83 Å². The van der Waals surface area contributed by atoms with E-state index < -0.39 is 0 Å². The number of fused-ring (bicyclic) bond motifs is 1. The highest BCUT2D eigenvalue weighted by atomic mass is 32.2. The summed E-state index contributed by atoms with van der Waals surface area (Å²) in [6, 6.07) is 6.29. The smallest absolute Gasteiger partial charge is 0.106 e. The van der Waals surface area contributed by atoms with Gasteiger partial charge in [-0.3, -0.25) is 0 Å². The molecule has 1 aliphatic heterocycles. The van der Waals surface area contributed by atoms with Crippen LogP contribution in [0.2, 0.25) is 0 Å². The molecule has 2 rings (SSSR count). The monoisotopic (exact) mass is 207 g/mol. The van der Waals surface area contributed by atoms with Crippen molar-refractivity contribution in [1.82, 2.24) is 4.83 Å². The summed E-state index contributed by atoms with van der Waals surface area (Å²) in [5, 5.41) is 7.96. The Hall–Kier alpha value is -1.03. The lowest BCUT2D eigenvalue weighted by Crippen LogP contribution is -1.97. The van der Waals surface area contributed by atoms with Crippen molar-refractivity contribution in [3.8, 4) is 0 Å². The zero-order valence-corrected chi connectivity index (χ0v) is 8.97. The van der Waals surface area contributed by atoms with Crippen molar-refractivity contribution in [2.24, 2.45) is 10.3 Å². The Morgan fingerprint density at radius 1 is 1.43 bits per heavy atom. The molecule has 14 heavy (non-hydrogen) atoms. The Balaban J connectivity index is 2.28. The Labute approximate surface area is 88.1 Å². The third-order valence-corrected chi connectivity index (χ3v) is 2.95. The minimum Gasteiger partial charge on any atom is -0.228 e. The van der Waals surface area contributed by atoms with Gasteiger partial charge in [0, 0.05) is 11.9 Å².